The van der Waals surface area contributed by atoms with Crippen LogP contribution in [0.25, 0.3) is 33.4 Å². The molecule has 0 bridgehead atoms. The smallest absolute Gasteiger partial charge is 0.449 e. The molecule has 0 radical (unpaired) electrons. The van der Waals surface area contributed by atoms with Gasteiger partial charge in [-0.2, -0.15) is 5.10 Å². The summed E-state index contributed by atoms with van der Waals surface area (Å²) in [5, 5.41) is 14.6. The zero-order chi connectivity index (χ0) is 19.1. The number of aromatic nitrogens is 4. The number of rotatable bonds is 3. The van der Waals surface area contributed by atoms with Gasteiger partial charge < -0.3 is 9.84 Å². The number of hydrogen-bond donors (Lipinski definition) is 1. The second-order valence-electron chi connectivity index (χ2n) is 6.62. The highest BCUT2D eigenvalue weighted by Crippen LogP contribution is 2.40. The van der Waals surface area contributed by atoms with Crippen LogP contribution in [-0.4, -0.2) is 31.0 Å². The highest BCUT2D eigenvalue weighted by Gasteiger charge is 2.25. The highest BCUT2D eigenvalue weighted by molar-refractivity contribution is 5.99. The Hall–Kier alpha value is -3.74. The van der Waals surface area contributed by atoms with Gasteiger partial charge in [-0.25, -0.2) is 4.79 Å². The fourth-order valence-electron chi connectivity index (χ4n) is 3.81. The Morgan fingerprint density at radius 2 is 2.04 bits per heavy atom. The van der Waals surface area contributed by atoms with Gasteiger partial charge in [-0.3, -0.25) is 14.6 Å². The van der Waals surface area contributed by atoms with Gasteiger partial charge in [-0.15, -0.1) is 0 Å². The molecule has 1 aliphatic rings. The second-order valence-corrected chi connectivity index (χ2v) is 6.62. The lowest BCUT2D eigenvalue weighted by atomic mass is 9.96. The number of carboxylic acid groups (broad SMARTS) is 1. The van der Waals surface area contributed by atoms with Crippen molar-refractivity contribution in [2.75, 3.05) is 0 Å². The number of ether oxygens (including phenoxy) is 1. The summed E-state index contributed by atoms with van der Waals surface area (Å²) in [5.41, 5.74) is 5.62. The Morgan fingerprint density at radius 3 is 2.86 bits per heavy atom. The van der Waals surface area contributed by atoms with E-state index >= 15 is 0 Å². The van der Waals surface area contributed by atoms with Gasteiger partial charge in [-0.05, 0) is 48.7 Å². The van der Waals surface area contributed by atoms with Crippen LogP contribution in [0.2, 0.25) is 0 Å². The molecule has 0 saturated carbocycles. The third-order valence-electron chi connectivity index (χ3n) is 4.94. The van der Waals surface area contributed by atoms with Crippen molar-refractivity contribution in [3.8, 4) is 28.3 Å². The quantitative estimate of drug-likeness (QED) is 0.429. The summed E-state index contributed by atoms with van der Waals surface area (Å²) in [7, 11) is 0. The van der Waals surface area contributed by atoms with Crippen LogP contribution in [0.5, 0.6) is 5.75 Å². The molecule has 3 aromatic heterocycles. The molecule has 0 unspecified atom stereocenters. The number of aryl methyl sites for hydroxylation is 1. The van der Waals surface area contributed by atoms with E-state index in [1.807, 2.05) is 30.3 Å². The summed E-state index contributed by atoms with van der Waals surface area (Å²) in [4.78, 5) is 19.7. The fourth-order valence-corrected chi connectivity index (χ4v) is 3.81. The molecular formula is C21H16N4O3. The Labute approximate surface area is 160 Å². The van der Waals surface area contributed by atoms with Crippen LogP contribution in [-0.2, 0) is 13.0 Å². The van der Waals surface area contributed by atoms with Gasteiger partial charge >= 0.3 is 6.16 Å². The number of nitrogens with zero attached hydrogens (tertiary/aromatic N) is 4. The van der Waals surface area contributed by atoms with Gasteiger partial charge in [0.05, 0.1) is 11.2 Å². The highest BCUT2D eigenvalue weighted by atomic mass is 16.7. The van der Waals surface area contributed by atoms with E-state index in [0.29, 0.717) is 5.52 Å². The number of hydrogen-bond acceptors (Lipinski definition) is 5. The van der Waals surface area contributed by atoms with E-state index in [9.17, 15) is 4.79 Å². The third-order valence-corrected chi connectivity index (χ3v) is 4.94. The molecule has 0 amide bonds. The number of pyridine rings is 2. The van der Waals surface area contributed by atoms with Gasteiger partial charge in [0, 0.05) is 41.6 Å². The molecule has 0 atom stereocenters. The SMILES string of the molecule is O=C(O)Oc1ccc2c(-c3c(-c4ccccn4)nn4c3CCC4)ccnc2c1. The zero-order valence-electron chi connectivity index (χ0n) is 14.9. The van der Waals surface area contributed by atoms with E-state index in [-0.39, 0.29) is 5.75 Å². The average molecular weight is 372 g/mol. The van der Waals surface area contributed by atoms with E-state index in [1.54, 1.807) is 24.5 Å². The molecule has 1 aliphatic heterocycles. The Balaban J connectivity index is 1.73. The molecule has 7 nitrogen and oxygen atoms in total. The van der Waals surface area contributed by atoms with Gasteiger partial charge in [-0.1, -0.05) is 6.07 Å². The van der Waals surface area contributed by atoms with E-state index < -0.39 is 6.16 Å². The van der Waals surface area contributed by atoms with Gasteiger partial charge in [0.2, 0.25) is 0 Å². The van der Waals surface area contributed by atoms with Crippen LogP contribution in [0.15, 0.2) is 54.9 Å². The maximum absolute atomic E-state index is 10.8. The lowest BCUT2D eigenvalue weighted by Crippen LogP contribution is -2.02. The molecule has 0 spiro atoms. The van der Waals surface area contributed by atoms with Crippen molar-refractivity contribution in [1.82, 2.24) is 19.7 Å². The molecule has 28 heavy (non-hydrogen) atoms. The second kappa shape index (κ2) is 6.45. The standard InChI is InChI=1S/C21H16N4O3/c26-21(27)28-13-6-7-14-15(8-10-23-17(14)12-13)19-18-5-3-11-25(18)24-20(19)16-4-1-2-9-22-16/h1-2,4,6-10,12H,3,5,11H2,(H,26,27). The van der Waals surface area contributed by atoms with Crippen LogP contribution >= 0.6 is 0 Å². The van der Waals surface area contributed by atoms with Crippen molar-refractivity contribution in [2.45, 2.75) is 19.4 Å². The van der Waals surface area contributed by atoms with Gasteiger partial charge in [0.1, 0.15) is 11.4 Å². The summed E-state index contributed by atoms with van der Waals surface area (Å²) < 4.78 is 6.83. The fraction of sp³-hybridized carbons (Fsp3) is 0.143. The number of carbonyl (C=O) groups is 1. The van der Waals surface area contributed by atoms with E-state index in [0.717, 1.165) is 47.3 Å². The van der Waals surface area contributed by atoms with Crippen LogP contribution in [0.1, 0.15) is 12.1 Å². The lowest BCUT2D eigenvalue weighted by Gasteiger charge is -2.09. The van der Waals surface area contributed by atoms with Gasteiger partial charge in [0.15, 0.2) is 0 Å². The number of fused-ring (bicyclic) bond motifs is 2. The van der Waals surface area contributed by atoms with Crippen LogP contribution < -0.4 is 4.74 Å². The summed E-state index contributed by atoms with van der Waals surface area (Å²) >= 11 is 0. The minimum Gasteiger partial charge on any atom is -0.449 e. The Kier molecular flexibility index (Phi) is 3.79. The van der Waals surface area contributed by atoms with E-state index in [4.69, 9.17) is 14.9 Å². The molecular weight excluding hydrogens is 356 g/mol. The lowest BCUT2D eigenvalue weighted by molar-refractivity contribution is 0.144. The van der Waals surface area contributed by atoms with Crippen molar-refractivity contribution in [3.05, 3.63) is 60.6 Å². The number of benzene rings is 1. The molecule has 5 rings (SSSR count). The van der Waals surface area contributed by atoms with Crippen molar-refractivity contribution in [1.29, 1.82) is 0 Å². The first kappa shape index (κ1) is 16.4. The first-order chi connectivity index (χ1) is 13.7. The maximum Gasteiger partial charge on any atom is 0.511 e. The summed E-state index contributed by atoms with van der Waals surface area (Å²) in [5.74, 6) is 0.245. The van der Waals surface area contributed by atoms with E-state index in [2.05, 4.69) is 14.6 Å². The summed E-state index contributed by atoms with van der Waals surface area (Å²) in [6.07, 6.45) is 4.17. The molecule has 0 saturated heterocycles. The van der Waals surface area contributed by atoms with Crippen LogP contribution in [0.4, 0.5) is 4.79 Å². The predicted octanol–water partition coefficient (Wildman–Crippen LogP) is 4.16. The molecule has 1 aromatic carbocycles. The normalized spacial score (nSPS) is 12.9. The molecule has 7 heteroatoms. The monoisotopic (exact) mass is 372 g/mol. The summed E-state index contributed by atoms with van der Waals surface area (Å²) in [6.45, 7) is 0.898. The maximum atomic E-state index is 10.8. The third kappa shape index (κ3) is 2.68. The summed E-state index contributed by atoms with van der Waals surface area (Å²) in [6, 6.07) is 12.9. The first-order valence-electron chi connectivity index (χ1n) is 9.02. The van der Waals surface area contributed by atoms with Crippen molar-refractivity contribution in [3.63, 3.8) is 0 Å². The Morgan fingerprint density at radius 1 is 1.11 bits per heavy atom. The molecule has 4 heterocycles. The molecule has 0 fully saturated rings. The minimum absolute atomic E-state index is 0.245. The molecule has 4 aromatic rings. The largest absolute Gasteiger partial charge is 0.511 e. The molecule has 138 valence electrons. The topological polar surface area (TPSA) is 90.1 Å². The van der Waals surface area contributed by atoms with Crippen LogP contribution in [0, 0.1) is 0 Å². The van der Waals surface area contributed by atoms with Crippen LogP contribution in [0.3, 0.4) is 0 Å². The van der Waals surface area contributed by atoms with Gasteiger partial charge in [0.25, 0.3) is 0 Å². The van der Waals surface area contributed by atoms with E-state index in [1.165, 1.54) is 5.69 Å². The van der Waals surface area contributed by atoms with Crippen molar-refractivity contribution >= 4 is 17.1 Å². The average Bonchev–Trinajstić information content (AvgIpc) is 3.29. The predicted molar refractivity (Wildman–Crippen MR) is 103 cm³/mol. The van der Waals surface area contributed by atoms with Crippen molar-refractivity contribution < 1.29 is 14.6 Å². The molecule has 1 N–H and O–H groups in total. The molecule has 0 aliphatic carbocycles. The first-order valence-corrected chi connectivity index (χ1v) is 9.02. The zero-order valence-corrected chi connectivity index (χ0v) is 14.9. The minimum atomic E-state index is -1.35. The Bertz CT molecular complexity index is 1200. The van der Waals surface area contributed by atoms with Crippen molar-refractivity contribution in [2.24, 2.45) is 0 Å².